The van der Waals surface area contributed by atoms with Gasteiger partial charge in [-0.15, -0.1) is 10.2 Å². The summed E-state index contributed by atoms with van der Waals surface area (Å²) in [5, 5.41) is 20.9. The van der Waals surface area contributed by atoms with Crippen LogP contribution in [-0.4, -0.2) is 25.8 Å². The smallest absolute Gasteiger partial charge is 0.409 e. The van der Waals surface area contributed by atoms with Crippen molar-refractivity contribution >= 4 is 5.84 Å². The predicted octanol–water partition coefficient (Wildman–Crippen LogP) is 4.55. The number of hydrogen-bond donors (Lipinski definition) is 2. The number of nitrogens with zero attached hydrogens (tertiary/aromatic N) is 4. The van der Waals surface area contributed by atoms with E-state index in [4.69, 9.17) is 5.73 Å². The molecule has 0 aliphatic heterocycles. The first-order valence-corrected chi connectivity index (χ1v) is 10.4. The Morgan fingerprint density at radius 3 is 2.53 bits per heavy atom. The van der Waals surface area contributed by atoms with Gasteiger partial charge >= 0.3 is 6.18 Å². The second kappa shape index (κ2) is 7.92. The third-order valence-electron chi connectivity index (χ3n) is 6.90. The molecule has 0 radical (unpaired) electrons. The summed E-state index contributed by atoms with van der Waals surface area (Å²) in [6, 6.07) is 5.47. The molecule has 2 fully saturated rings. The number of nitrogens with two attached hydrogens (primary N) is 1. The van der Waals surface area contributed by atoms with E-state index in [0.717, 1.165) is 50.4 Å². The van der Waals surface area contributed by atoms with Crippen molar-refractivity contribution in [1.82, 2.24) is 14.8 Å². The number of hydrogen-bond acceptors (Lipinski definition) is 4. The zero-order valence-corrected chi connectivity index (χ0v) is 16.8. The number of amidine groups is 1. The highest BCUT2D eigenvalue weighted by atomic mass is 19.4. The van der Waals surface area contributed by atoms with Gasteiger partial charge in [-0.3, -0.25) is 0 Å². The molecule has 0 spiro atoms. The van der Waals surface area contributed by atoms with Crippen LogP contribution in [0.15, 0.2) is 29.4 Å². The average Bonchev–Trinajstić information content (AvgIpc) is 3.12. The van der Waals surface area contributed by atoms with Crippen molar-refractivity contribution in [2.45, 2.75) is 50.6 Å². The predicted molar refractivity (Wildman–Crippen MR) is 106 cm³/mol. The van der Waals surface area contributed by atoms with Crippen molar-refractivity contribution in [3.63, 3.8) is 0 Å². The Labute approximate surface area is 173 Å². The first-order chi connectivity index (χ1) is 14.3. The molecule has 162 valence electrons. The van der Waals surface area contributed by atoms with Crippen LogP contribution in [0.2, 0.25) is 0 Å². The Balaban J connectivity index is 1.70. The van der Waals surface area contributed by atoms with Crippen molar-refractivity contribution in [3.8, 4) is 11.4 Å². The molecule has 1 heterocycles. The lowest BCUT2D eigenvalue weighted by atomic mass is 9.61. The van der Waals surface area contributed by atoms with Gasteiger partial charge < -0.3 is 15.5 Å². The van der Waals surface area contributed by atoms with Crippen LogP contribution in [0.1, 0.15) is 55.8 Å². The molecule has 2 aliphatic rings. The first kappa shape index (κ1) is 20.7. The largest absolute Gasteiger partial charge is 0.417 e. The topological polar surface area (TPSA) is 89.3 Å². The van der Waals surface area contributed by atoms with Crippen LogP contribution < -0.4 is 5.73 Å². The Kier molecular flexibility index (Phi) is 5.46. The number of alkyl halides is 3. The highest BCUT2D eigenvalue weighted by Crippen LogP contribution is 2.50. The van der Waals surface area contributed by atoms with Gasteiger partial charge in [0.25, 0.3) is 0 Å². The van der Waals surface area contributed by atoms with Gasteiger partial charge in [-0.25, -0.2) is 0 Å². The van der Waals surface area contributed by atoms with Crippen molar-refractivity contribution in [3.05, 3.63) is 35.7 Å². The van der Waals surface area contributed by atoms with Gasteiger partial charge in [-0.2, -0.15) is 13.2 Å². The summed E-state index contributed by atoms with van der Waals surface area (Å²) in [4.78, 5) is 0. The zero-order chi connectivity index (χ0) is 21.5. The minimum Gasteiger partial charge on any atom is -0.409 e. The monoisotopic (exact) mass is 421 g/mol. The van der Waals surface area contributed by atoms with Crippen LogP contribution in [0.5, 0.6) is 0 Å². The summed E-state index contributed by atoms with van der Waals surface area (Å²) >= 11 is 0. The van der Waals surface area contributed by atoms with E-state index >= 15 is 0 Å². The third-order valence-corrected chi connectivity index (χ3v) is 6.90. The van der Waals surface area contributed by atoms with Gasteiger partial charge in [-0.1, -0.05) is 36.2 Å². The fraction of sp³-hybridized carbons (Fsp3) is 0.571. The Hall–Kier alpha value is -2.58. The standard InChI is InChI=1S/C21H26F3N5O/c1-29-19(26-27-20(29)16-6-2-3-11-17(16)21(22,23)24)15-10-5-7-12-13(15)8-4-9-14(12)18(25)28-30/h2-3,6,11-15,30H,4-5,7-10H2,1H3,(H2,25,28). The molecule has 4 rings (SSSR count). The van der Waals surface area contributed by atoms with Crippen molar-refractivity contribution < 1.29 is 18.4 Å². The molecular weight excluding hydrogens is 395 g/mol. The number of halogens is 3. The van der Waals surface area contributed by atoms with E-state index in [0.29, 0.717) is 5.92 Å². The lowest BCUT2D eigenvalue weighted by Crippen LogP contribution is -2.42. The van der Waals surface area contributed by atoms with Gasteiger partial charge in [0.15, 0.2) is 5.82 Å². The van der Waals surface area contributed by atoms with Crippen LogP contribution in [0.25, 0.3) is 11.4 Å². The van der Waals surface area contributed by atoms with E-state index in [2.05, 4.69) is 15.4 Å². The molecule has 2 aromatic rings. The van der Waals surface area contributed by atoms with E-state index in [1.165, 1.54) is 12.1 Å². The van der Waals surface area contributed by atoms with Crippen LogP contribution >= 0.6 is 0 Å². The maximum absolute atomic E-state index is 13.5. The lowest BCUT2D eigenvalue weighted by molar-refractivity contribution is -0.137. The van der Waals surface area contributed by atoms with Crippen LogP contribution in [0.3, 0.4) is 0 Å². The maximum Gasteiger partial charge on any atom is 0.417 e. The average molecular weight is 421 g/mol. The molecule has 4 atom stereocenters. The molecule has 9 heteroatoms. The van der Waals surface area contributed by atoms with Gasteiger partial charge in [0, 0.05) is 24.4 Å². The summed E-state index contributed by atoms with van der Waals surface area (Å²) in [5.74, 6) is 1.95. The van der Waals surface area contributed by atoms with Gasteiger partial charge in [0.2, 0.25) is 0 Å². The number of oxime groups is 1. The second-order valence-corrected chi connectivity index (χ2v) is 8.41. The fourth-order valence-corrected chi connectivity index (χ4v) is 5.59. The first-order valence-electron chi connectivity index (χ1n) is 10.4. The van der Waals surface area contributed by atoms with Crippen LogP contribution in [0, 0.1) is 17.8 Å². The molecule has 2 saturated carbocycles. The normalized spacial score (nSPS) is 27.7. The molecule has 3 N–H and O–H groups in total. The van der Waals surface area contributed by atoms with Gasteiger partial charge in [0.05, 0.1) is 5.56 Å². The third kappa shape index (κ3) is 3.54. The maximum atomic E-state index is 13.5. The lowest BCUT2D eigenvalue weighted by Gasteiger charge is -2.44. The minimum atomic E-state index is -4.46. The molecule has 1 aromatic carbocycles. The molecule has 2 aliphatic carbocycles. The van der Waals surface area contributed by atoms with Crippen molar-refractivity contribution in [2.75, 3.05) is 0 Å². The summed E-state index contributed by atoms with van der Waals surface area (Å²) in [5.41, 5.74) is 5.30. The fourth-order valence-electron chi connectivity index (χ4n) is 5.59. The summed E-state index contributed by atoms with van der Waals surface area (Å²) in [7, 11) is 1.74. The number of rotatable bonds is 3. The molecule has 30 heavy (non-hydrogen) atoms. The Morgan fingerprint density at radius 2 is 1.80 bits per heavy atom. The summed E-state index contributed by atoms with van der Waals surface area (Å²) in [6.07, 6.45) is 1.30. The minimum absolute atomic E-state index is 0.0372. The van der Waals surface area contributed by atoms with Crippen molar-refractivity contribution in [1.29, 1.82) is 0 Å². The second-order valence-electron chi connectivity index (χ2n) is 8.41. The Morgan fingerprint density at radius 1 is 1.10 bits per heavy atom. The number of aromatic nitrogens is 3. The zero-order valence-electron chi connectivity index (χ0n) is 16.8. The molecule has 1 aromatic heterocycles. The SMILES string of the molecule is Cn1c(-c2ccccc2C(F)(F)F)nnc1C1CCCC2C(/C(N)=N\O)CCCC12. The quantitative estimate of drug-likeness (QED) is 0.329. The Bertz CT molecular complexity index is 939. The van der Waals surface area contributed by atoms with Crippen LogP contribution in [-0.2, 0) is 13.2 Å². The number of benzene rings is 1. The van der Waals surface area contributed by atoms with E-state index in [1.54, 1.807) is 17.7 Å². The summed E-state index contributed by atoms with van der Waals surface area (Å²) < 4.78 is 42.2. The molecule has 0 saturated heterocycles. The number of fused-ring (bicyclic) bond motifs is 1. The van der Waals surface area contributed by atoms with E-state index in [1.807, 2.05) is 0 Å². The molecule has 0 bridgehead atoms. The van der Waals surface area contributed by atoms with Gasteiger partial charge in [-0.05, 0) is 43.6 Å². The van der Waals surface area contributed by atoms with E-state index in [-0.39, 0.29) is 35.0 Å². The summed E-state index contributed by atoms with van der Waals surface area (Å²) in [6.45, 7) is 0. The highest BCUT2D eigenvalue weighted by Gasteiger charge is 2.44. The van der Waals surface area contributed by atoms with Gasteiger partial charge in [0.1, 0.15) is 11.7 Å². The van der Waals surface area contributed by atoms with E-state index in [9.17, 15) is 18.4 Å². The highest BCUT2D eigenvalue weighted by molar-refractivity contribution is 5.82. The van der Waals surface area contributed by atoms with Crippen molar-refractivity contribution in [2.24, 2.45) is 35.7 Å². The van der Waals surface area contributed by atoms with Crippen LogP contribution in [0.4, 0.5) is 13.2 Å². The molecule has 0 amide bonds. The molecule has 4 unspecified atom stereocenters. The molecule has 6 nitrogen and oxygen atoms in total. The van der Waals surface area contributed by atoms with E-state index < -0.39 is 11.7 Å². The molecular formula is C21H26F3N5O.